The fourth-order valence-electron chi connectivity index (χ4n) is 2.12. The number of benzene rings is 2. The van der Waals surface area contributed by atoms with Crippen molar-refractivity contribution in [2.75, 3.05) is 12.3 Å². The molecule has 0 aliphatic carbocycles. The van der Waals surface area contributed by atoms with Crippen LogP contribution in [-0.4, -0.2) is 36.7 Å². The molecule has 0 aromatic heterocycles. The van der Waals surface area contributed by atoms with Crippen LogP contribution in [0.25, 0.3) is 0 Å². The van der Waals surface area contributed by atoms with Gasteiger partial charge < -0.3 is 5.11 Å². The smallest absolute Gasteiger partial charge is 0.313 e. The van der Waals surface area contributed by atoms with Crippen LogP contribution < -0.4 is 4.72 Å². The normalized spacial score (nSPS) is 11.3. The number of hydrogen-bond acceptors (Lipinski definition) is 6. The molecular formula is C16H15FN2O6S2. The van der Waals surface area contributed by atoms with E-state index in [2.05, 4.69) is 4.72 Å². The molecule has 2 N–H and O–H groups in total. The van der Waals surface area contributed by atoms with E-state index in [9.17, 15) is 27.7 Å². The first-order chi connectivity index (χ1) is 12.7. The number of sulfonamides is 1. The SMILES string of the molecule is O=C(O)CSc1ccc(CCNS(=O)(=O)c2ccc([N+](=O)[O-])cc2)cc1F. The van der Waals surface area contributed by atoms with E-state index in [1.807, 2.05) is 0 Å². The molecule has 2 rings (SSSR count). The van der Waals surface area contributed by atoms with E-state index >= 15 is 0 Å². The van der Waals surface area contributed by atoms with Gasteiger partial charge in [-0.3, -0.25) is 14.9 Å². The Morgan fingerprint density at radius 2 is 1.89 bits per heavy atom. The van der Waals surface area contributed by atoms with Crippen molar-refractivity contribution in [2.45, 2.75) is 16.2 Å². The lowest BCUT2D eigenvalue weighted by Gasteiger charge is -2.08. The quantitative estimate of drug-likeness (QED) is 0.366. The predicted molar refractivity (Wildman–Crippen MR) is 96.7 cm³/mol. The summed E-state index contributed by atoms with van der Waals surface area (Å²) in [5, 5.41) is 19.2. The number of hydrogen-bond donors (Lipinski definition) is 2. The van der Waals surface area contributed by atoms with Gasteiger partial charge in [-0.1, -0.05) is 6.07 Å². The van der Waals surface area contributed by atoms with E-state index < -0.39 is 26.7 Å². The van der Waals surface area contributed by atoms with Gasteiger partial charge in [0.1, 0.15) is 5.82 Å². The second-order valence-electron chi connectivity index (χ2n) is 5.35. The van der Waals surface area contributed by atoms with Crippen molar-refractivity contribution in [3.8, 4) is 0 Å². The van der Waals surface area contributed by atoms with Crippen LogP contribution in [0.4, 0.5) is 10.1 Å². The lowest BCUT2D eigenvalue weighted by Crippen LogP contribution is -2.26. The molecule has 0 aliphatic heterocycles. The fourth-order valence-corrected chi connectivity index (χ4v) is 3.79. The van der Waals surface area contributed by atoms with Crippen molar-refractivity contribution >= 4 is 33.4 Å². The number of halogens is 1. The van der Waals surface area contributed by atoms with Gasteiger partial charge in [0.05, 0.1) is 15.6 Å². The summed E-state index contributed by atoms with van der Waals surface area (Å²) in [6.07, 6.45) is 0.215. The molecule has 0 spiro atoms. The van der Waals surface area contributed by atoms with E-state index in [0.717, 1.165) is 36.0 Å². The first-order valence-electron chi connectivity index (χ1n) is 7.56. The van der Waals surface area contributed by atoms with Gasteiger partial charge in [-0.2, -0.15) is 0 Å². The topological polar surface area (TPSA) is 127 Å². The molecule has 0 aliphatic rings. The van der Waals surface area contributed by atoms with Gasteiger partial charge in [-0.05, 0) is 36.2 Å². The molecule has 144 valence electrons. The van der Waals surface area contributed by atoms with E-state index in [-0.39, 0.29) is 34.2 Å². The molecule has 0 amide bonds. The molecule has 2 aromatic rings. The molecule has 11 heteroatoms. The van der Waals surface area contributed by atoms with Crippen molar-refractivity contribution in [2.24, 2.45) is 0 Å². The largest absolute Gasteiger partial charge is 0.481 e. The van der Waals surface area contributed by atoms with Crippen LogP contribution in [0.2, 0.25) is 0 Å². The zero-order valence-corrected chi connectivity index (χ0v) is 15.4. The third-order valence-corrected chi connectivity index (χ3v) is 5.92. The van der Waals surface area contributed by atoms with Crippen molar-refractivity contribution in [3.63, 3.8) is 0 Å². The summed E-state index contributed by atoms with van der Waals surface area (Å²) in [7, 11) is -3.85. The Kier molecular flexibility index (Phi) is 6.88. The van der Waals surface area contributed by atoms with E-state index in [0.29, 0.717) is 5.56 Å². The number of thioether (sulfide) groups is 1. The molecule has 8 nitrogen and oxygen atoms in total. The molecule has 0 heterocycles. The second kappa shape index (κ2) is 8.93. The van der Waals surface area contributed by atoms with E-state index in [4.69, 9.17) is 5.11 Å². The minimum absolute atomic E-state index is 0.000373. The third-order valence-electron chi connectivity index (χ3n) is 3.41. The van der Waals surface area contributed by atoms with Crippen LogP contribution in [0.5, 0.6) is 0 Å². The molecule has 0 bridgehead atoms. The molecular weight excluding hydrogens is 399 g/mol. The standard InChI is InChI=1S/C16H15FN2O6S2/c17-14-9-11(1-6-15(14)26-10-16(20)21)7-8-18-27(24,25)13-4-2-12(3-5-13)19(22)23/h1-6,9,18H,7-8,10H2,(H,20,21). The molecule has 2 aromatic carbocycles. The molecule has 27 heavy (non-hydrogen) atoms. The van der Waals surface area contributed by atoms with E-state index in [1.54, 1.807) is 6.07 Å². The summed E-state index contributed by atoms with van der Waals surface area (Å²) in [6, 6.07) is 8.72. The Morgan fingerprint density at radius 1 is 1.22 bits per heavy atom. The maximum absolute atomic E-state index is 13.9. The van der Waals surface area contributed by atoms with Gasteiger partial charge in [0, 0.05) is 23.6 Å². The summed E-state index contributed by atoms with van der Waals surface area (Å²) in [4.78, 5) is 20.6. The Morgan fingerprint density at radius 3 is 2.44 bits per heavy atom. The summed E-state index contributed by atoms with van der Waals surface area (Å²) in [5.74, 6) is -1.88. The first-order valence-corrected chi connectivity index (χ1v) is 10.0. The molecule has 0 saturated heterocycles. The number of nitrogens with one attached hydrogen (secondary N) is 1. The van der Waals surface area contributed by atoms with Gasteiger partial charge in [0.15, 0.2) is 0 Å². The number of carboxylic acid groups (broad SMARTS) is 1. The second-order valence-corrected chi connectivity index (χ2v) is 8.13. The Hall–Kier alpha value is -2.50. The summed E-state index contributed by atoms with van der Waals surface area (Å²) < 4.78 is 40.6. The number of nitrogens with zero attached hydrogens (tertiary/aromatic N) is 1. The van der Waals surface area contributed by atoms with Gasteiger partial charge in [0.2, 0.25) is 10.0 Å². The summed E-state index contributed by atoms with van der Waals surface area (Å²) in [5.41, 5.74) is 0.323. The van der Waals surface area contributed by atoms with Crippen molar-refractivity contribution in [1.29, 1.82) is 0 Å². The Labute approximate surface area is 158 Å². The lowest BCUT2D eigenvalue weighted by molar-refractivity contribution is -0.384. The highest BCUT2D eigenvalue weighted by Crippen LogP contribution is 2.22. The van der Waals surface area contributed by atoms with Gasteiger partial charge in [-0.25, -0.2) is 17.5 Å². The minimum Gasteiger partial charge on any atom is -0.481 e. The van der Waals surface area contributed by atoms with Gasteiger partial charge in [0.25, 0.3) is 5.69 Å². The average Bonchev–Trinajstić information content (AvgIpc) is 2.60. The van der Waals surface area contributed by atoms with Gasteiger partial charge in [-0.15, -0.1) is 11.8 Å². The van der Waals surface area contributed by atoms with Crippen LogP contribution in [-0.2, 0) is 21.2 Å². The number of non-ortho nitro benzene ring substituents is 1. The maximum atomic E-state index is 13.9. The molecule has 0 unspecified atom stereocenters. The van der Waals surface area contributed by atoms with Gasteiger partial charge >= 0.3 is 5.97 Å². The highest BCUT2D eigenvalue weighted by Gasteiger charge is 2.15. The Balaban J connectivity index is 1.95. The van der Waals surface area contributed by atoms with E-state index in [1.165, 1.54) is 12.1 Å². The minimum atomic E-state index is -3.85. The summed E-state index contributed by atoms with van der Waals surface area (Å²) in [6.45, 7) is 0.000373. The Bertz CT molecular complexity index is 948. The van der Waals surface area contributed by atoms with Crippen LogP contribution >= 0.6 is 11.8 Å². The molecule has 0 radical (unpaired) electrons. The molecule has 0 fully saturated rings. The molecule has 0 saturated carbocycles. The van der Waals surface area contributed by atoms with Crippen molar-refractivity contribution in [3.05, 3.63) is 64.0 Å². The highest BCUT2D eigenvalue weighted by atomic mass is 32.2. The average molecular weight is 414 g/mol. The summed E-state index contributed by atoms with van der Waals surface area (Å²) >= 11 is 0.858. The van der Waals surface area contributed by atoms with Crippen LogP contribution in [0, 0.1) is 15.9 Å². The molecule has 0 atom stereocenters. The fraction of sp³-hybridized carbons (Fsp3) is 0.188. The van der Waals surface area contributed by atoms with Crippen molar-refractivity contribution < 1.29 is 27.6 Å². The number of aliphatic carboxylic acids is 1. The number of rotatable bonds is 9. The zero-order chi connectivity index (χ0) is 20.0. The lowest BCUT2D eigenvalue weighted by atomic mass is 10.1. The first kappa shape index (κ1) is 20.8. The van der Waals surface area contributed by atoms with Crippen LogP contribution in [0.1, 0.15) is 5.56 Å². The van der Waals surface area contributed by atoms with Crippen molar-refractivity contribution in [1.82, 2.24) is 4.72 Å². The number of nitro groups is 1. The predicted octanol–water partition coefficient (Wildman–Crippen LogP) is 2.43. The van der Waals surface area contributed by atoms with Crippen LogP contribution in [0.3, 0.4) is 0 Å². The monoisotopic (exact) mass is 414 g/mol. The zero-order valence-electron chi connectivity index (χ0n) is 13.8. The number of carboxylic acids is 1. The third kappa shape index (κ3) is 6.01. The highest BCUT2D eigenvalue weighted by molar-refractivity contribution is 8.00. The number of carbonyl (C=O) groups is 1. The maximum Gasteiger partial charge on any atom is 0.313 e. The number of nitro benzene ring substituents is 1. The van der Waals surface area contributed by atoms with Crippen LogP contribution in [0.15, 0.2) is 52.3 Å².